The van der Waals surface area contributed by atoms with E-state index in [1.54, 1.807) is 10.6 Å². The summed E-state index contributed by atoms with van der Waals surface area (Å²) in [5, 5.41) is 16.0. The second-order valence-corrected chi connectivity index (χ2v) is 6.68. The van der Waals surface area contributed by atoms with Gasteiger partial charge in [-0.25, -0.2) is 0 Å². The summed E-state index contributed by atoms with van der Waals surface area (Å²) in [5.41, 5.74) is 3.03. The molecular formula is C19H15N5OS. The van der Waals surface area contributed by atoms with Crippen LogP contribution in [-0.2, 0) is 4.79 Å². The molecule has 0 fully saturated rings. The lowest BCUT2D eigenvalue weighted by atomic mass is 10.1. The number of carbonyl (C=O) groups is 1. The molecule has 1 N–H and O–H groups in total. The lowest BCUT2D eigenvalue weighted by Gasteiger charge is -1.98. The van der Waals surface area contributed by atoms with E-state index in [0.29, 0.717) is 15.9 Å². The Labute approximate surface area is 153 Å². The van der Waals surface area contributed by atoms with Gasteiger partial charge in [0.15, 0.2) is 5.82 Å². The molecule has 1 amide bonds. The highest BCUT2D eigenvalue weighted by atomic mass is 32.1. The van der Waals surface area contributed by atoms with Crippen molar-refractivity contribution < 1.29 is 4.79 Å². The average molecular weight is 361 g/mol. The summed E-state index contributed by atoms with van der Waals surface area (Å²) >= 11 is 1.28. The van der Waals surface area contributed by atoms with E-state index in [1.165, 1.54) is 17.4 Å². The Bertz CT molecular complexity index is 1100. The third-order valence-corrected chi connectivity index (χ3v) is 4.54. The number of nitrogens with one attached hydrogen (secondary N) is 1. The van der Waals surface area contributed by atoms with Gasteiger partial charge in [-0.2, -0.15) is 4.52 Å². The maximum absolute atomic E-state index is 12.1. The largest absolute Gasteiger partial charge is 0.297 e. The number of fused-ring (bicyclic) bond motifs is 1. The average Bonchev–Trinajstić information content (AvgIpc) is 3.21. The van der Waals surface area contributed by atoms with E-state index in [1.807, 2.05) is 61.5 Å². The van der Waals surface area contributed by atoms with Crippen molar-refractivity contribution in [2.24, 2.45) is 0 Å². The molecule has 0 bridgehead atoms. The molecule has 6 nitrogen and oxygen atoms in total. The van der Waals surface area contributed by atoms with Crippen LogP contribution in [0.4, 0.5) is 5.13 Å². The fourth-order valence-corrected chi connectivity index (χ4v) is 3.26. The second kappa shape index (κ2) is 6.89. The number of hydrogen-bond donors (Lipinski definition) is 1. The first-order chi connectivity index (χ1) is 12.7. The van der Waals surface area contributed by atoms with Gasteiger partial charge < -0.3 is 0 Å². The zero-order valence-electron chi connectivity index (χ0n) is 14.0. The Hall–Kier alpha value is -3.32. The van der Waals surface area contributed by atoms with Crippen molar-refractivity contribution in [3.8, 4) is 11.4 Å². The van der Waals surface area contributed by atoms with Crippen LogP contribution in [0.1, 0.15) is 11.1 Å². The second-order valence-electron chi connectivity index (χ2n) is 5.73. The van der Waals surface area contributed by atoms with E-state index in [4.69, 9.17) is 0 Å². The van der Waals surface area contributed by atoms with Gasteiger partial charge in [0, 0.05) is 11.6 Å². The number of hydrogen-bond acceptors (Lipinski definition) is 5. The Morgan fingerprint density at radius 3 is 2.77 bits per heavy atom. The van der Waals surface area contributed by atoms with Crippen LogP contribution in [0, 0.1) is 6.92 Å². The standard InChI is InChI=1S/C19H15N5OS/c1-13-6-5-9-15(12-13)17-21-22-19-24(17)23-18(26-19)20-16(25)11-10-14-7-3-2-4-8-14/h2-12H,1H3,(H,20,23,25)/b11-10+. The van der Waals surface area contributed by atoms with Crippen LogP contribution in [0.15, 0.2) is 60.7 Å². The molecule has 2 heterocycles. The van der Waals surface area contributed by atoms with Crippen LogP contribution in [-0.4, -0.2) is 25.7 Å². The van der Waals surface area contributed by atoms with Crippen LogP contribution in [0.2, 0.25) is 0 Å². The summed E-state index contributed by atoms with van der Waals surface area (Å²) < 4.78 is 1.65. The van der Waals surface area contributed by atoms with Crippen LogP contribution < -0.4 is 5.32 Å². The van der Waals surface area contributed by atoms with E-state index in [-0.39, 0.29) is 5.91 Å². The van der Waals surface area contributed by atoms with Crippen molar-refractivity contribution in [1.29, 1.82) is 0 Å². The Morgan fingerprint density at radius 2 is 1.96 bits per heavy atom. The maximum Gasteiger partial charge on any atom is 0.250 e. The Morgan fingerprint density at radius 1 is 1.12 bits per heavy atom. The van der Waals surface area contributed by atoms with Gasteiger partial charge in [0.05, 0.1) is 0 Å². The zero-order valence-corrected chi connectivity index (χ0v) is 14.8. The highest BCUT2D eigenvalue weighted by molar-refractivity contribution is 7.20. The van der Waals surface area contributed by atoms with Gasteiger partial charge in [0.2, 0.25) is 16.0 Å². The molecule has 0 saturated heterocycles. The minimum Gasteiger partial charge on any atom is -0.297 e. The predicted molar refractivity (Wildman–Crippen MR) is 103 cm³/mol. The molecular weight excluding hydrogens is 346 g/mol. The minimum atomic E-state index is -0.240. The number of aryl methyl sites for hydroxylation is 1. The van der Waals surface area contributed by atoms with Crippen molar-refractivity contribution in [1.82, 2.24) is 19.8 Å². The Balaban J connectivity index is 1.55. The summed E-state index contributed by atoms with van der Waals surface area (Å²) in [6.45, 7) is 2.02. The number of anilines is 1. The SMILES string of the molecule is Cc1cccc(-c2nnc3sc(NC(=O)/C=C/c4ccccc4)nn23)c1. The quantitative estimate of drug-likeness (QED) is 0.561. The normalized spacial score (nSPS) is 11.3. The zero-order chi connectivity index (χ0) is 17.9. The van der Waals surface area contributed by atoms with Crippen LogP contribution >= 0.6 is 11.3 Å². The molecule has 0 unspecified atom stereocenters. The summed E-state index contributed by atoms with van der Waals surface area (Å²) in [5.74, 6) is 0.413. The molecule has 0 spiro atoms. The fourth-order valence-electron chi connectivity index (χ4n) is 2.51. The van der Waals surface area contributed by atoms with E-state index < -0.39 is 0 Å². The van der Waals surface area contributed by atoms with Crippen LogP contribution in [0.25, 0.3) is 22.4 Å². The molecule has 0 aliphatic rings. The number of rotatable bonds is 4. The molecule has 0 aliphatic carbocycles. The lowest BCUT2D eigenvalue weighted by Crippen LogP contribution is -2.08. The van der Waals surface area contributed by atoms with Gasteiger partial charge in [0.25, 0.3) is 0 Å². The molecule has 0 radical (unpaired) electrons. The Kier molecular flexibility index (Phi) is 4.28. The maximum atomic E-state index is 12.1. The van der Waals surface area contributed by atoms with E-state index in [0.717, 1.165) is 16.7 Å². The molecule has 7 heteroatoms. The minimum absolute atomic E-state index is 0.240. The number of aromatic nitrogens is 4. The van der Waals surface area contributed by atoms with Crippen molar-refractivity contribution >= 4 is 33.4 Å². The van der Waals surface area contributed by atoms with Gasteiger partial charge in [-0.3, -0.25) is 10.1 Å². The molecule has 26 heavy (non-hydrogen) atoms. The van der Waals surface area contributed by atoms with Gasteiger partial charge >= 0.3 is 0 Å². The first kappa shape index (κ1) is 16.2. The molecule has 0 atom stereocenters. The predicted octanol–water partition coefficient (Wildman–Crippen LogP) is 3.81. The number of benzene rings is 2. The van der Waals surface area contributed by atoms with Crippen LogP contribution in [0.5, 0.6) is 0 Å². The molecule has 4 aromatic rings. The summed E-state index contributed by atoms with van der Waals surface area (Å²) in [6.07, 6.45) is 3.24. The van der Waals surface area contributed by atoms with Crippen molar-refractivity contribution in [2.45, 2.75) is 6.92 Å². The first-order valence-corrected chi connectivity index (χ1v) is 8.84. The van der Waals surface area contributed by atoms with Crippen LogP contribution in [0.3, 0.4) is 0 Å². The van der Waals surface area contributed by atoms with E-state index >= 15 is 0 Å². The molecule has 0 aliphatic heterocycles. The van der Waals surface area contributed by atoms with Gasteiger partial charge in [-0.1, -0.05) is 65.4 Å². The molecule has 4 rings (SSSR count). The number of nitrogens with zero attached hydrogens (tertiary/aromatic N) is 4. The van der Waals surface area contributed by atoms with Gasteiger partial charge in [-0.05, 0) is 24.6 Å². The topological polar surface area (TPSA) is 72.2 Å². The smallest absolute Gasteiger partial charge is 0.250 e. The summed E-state index contributed by atoms with van der Waals surface area (Å²) in [7, 11) is 0. The molecule has 2 aromatic heterocycles. The third-order valence-electron chi connectivity index (χ3n) is 3.72. The van der Waals surface area contributed by atoms with Gasteiger partial charge in [0.1, 0.15) is 0 Å². The first-order valence-electron chi connectivity index (χ1n) is 8.02. The molecule has 128 valence electrons. The van der Waals surface area contributed by atoms with Crippen molar-refractivity contribution in [2.75, 3.05) is 5.32 Å². The lowest BCUT2D eigenvalue weighted by molar-refractivity contribution is -0.111. The monoisotopic (exact) mass is 361 g/mol. The summed E-state index contributed by atoms with van der Waals surface area (Å²) in [4.78, 5) is 12.7. The molecule has 2 aromatic carbocycles. The van der Waals surface area contributed by atoms with Crippen molar-refractivity contribution in [3.05, 3.63) is 71.8 Å². The molecule has 0 saturated carbocycles. The third kappa shape index (κ3) is 3.38. The number of amides is 1. The van der Waals surface area contributed by atoms with Gasteiger partial charge in [-0.15, -0.1) is 15.3 Å². The van der Waals surface area contributed by atoms with Crippen molar-refractivity contribution in [3.63, 3.8) is 0 Å². The highest BCUT2D eigenvalue weighted by Crippen LogP contribution is 2.24. The number of carbonyl (C=O) groups excluding carboxylic acids is 1. The highest BCUT2D eigenvalue weighted by Gasteiger charge is 2.14. The van der Waals surface area contributed by atoms with E-state index in [2.05, 4.69) is 20.6 Å². The fraction of sp³-hybridized carbons (Fsp3) is 0.0526. The van der Waals surface area contributed by atoms with E-state index in [9.17, 15) is 4.79 Å². The summed E-state index contributed by atoms with van der Waals surface area (Å²) in [6, 6.07) is 17.6.